The van der Waals surface area contributed by atoms with Gasteiger partial charge in [-0.05, 0) is 36.5 Å². The molecule has 5 nitrogen and oxygen atoms in total. The summed E-state index contributed by atoms with van der Waals surface area (Å²) in [6.07, 6.45) is 7.55. The van der Waals surface area contributed by atoms with Gasteiger partial charge in [0, 0.05) is 12.4 Å². The van der Waals surface area contributed by atoms with Gasteiger partial charge in [0.15, 0.2) is 0 Å². The zero-order valence-corrected chi connectivity index (χ0v) is 15.0. The third kappa shape index (κ3) is 4.57. The summed E-state index contributed by atoms with van der Waals surface area (Å²) >= 11 is 0. The van der Waals surface area contributed by atoms with E-state index >= 15 is 0 Å². The van der Waals surface area contributed by atoms with Gasteiger partial charge in [0.1, 0.15) is 5.56 Å². The number of nitrogens with zero attached hydrogens (tertiary/aromatic N) is 3. The predicted octanol–water partition coefficient (Wildman–Crippen LogP) is 3.68. The van der Waals surface area contributed by atoms with Crippen molar-refractivity contribution in [1.82, 2.24) is 14.8 Å². The third-order valence-electron chi connectivity index (χ3n) is 4.24. The molecule has 1 aromatic carbocycles. The number of pyridine rings is 1. The Morgan fingerprint density at radius 3 is 2.62 bits per heavy atom. The Labute approximate surface area is 153 Å². The molecule has 0 radical (unpaired) electrons. The Hall–Kier alpha value is -2.95. The van der Waals surface area contributed by atoms with Crippen LogP contribution in [0, 0.1) is 0 Å². The van der Waals surface area contributed by atoms with Crippen molar-refractivity contribution in [2.24, 2.45) is 0 Å². The van der Waals surface area contributed by atoms with E-state index in [0.717, 1.165) is 36.1 Å². The van der Waals surface area contributed by atoms with Gasteiger partial charge in [-0.2, -0.15) is 5.10 Å². The summed E-state index contributed by atoms with van der Waals surface area (Å²) in [5.41, 5.74) is 3.77. The van der Waals surface area contributed by atoms with E-state index in [-0.39, 0.29) is 5.97 Å². The van der Waals surface area contributed by atoms with Crippen LogP contribution in [-0.2, 0) is 24.1 Å². The summed E-state index contributed by atoms with van der Waals surface area (Å²) in [6.45, 7) is 3.07. The van der Waals surface area contributed by atoms with E-state index < -0.39 is 0 Å². The number of aromatic nitrogens is 3. The molecule has 26 heavy (non-hydrogen) atoms. The SMILES string of the molecule is CCc1c(C(=O)OCCCc2cccnc2)cnn1Cc1ccccc1. The summed E-state index contributed by atoms with van der Waals surface area (Å²) in [7, 11) is 0. The van der Waals surface area contributed by atoms with Crippen LogP contribution < -0.4 is 0 Å². The molecule has 0 saturated heterocycles. The molecule has 0 atom stereocenters. The molecule has 0 saturated carbocycles. The molecule has 5 heteroatoms. The fourth-order valence-electron chi connectivity index (χ4n) is 2.91. The van der Waals surface area contributed by atoms with E-state index in [2.05, 4.69) is 22.2 Å². The second-order valence-corrected chi connectivity index (χ2v) is 6.10. The van der Waals surface area contributed by atoms with Gasteiger partial charge >= 0.3 is 5.97 Å². The zero-order valence-electron chi connectivity index (χ0n) is 15.0. The van der Waals surface area contributed by atoms with Crippen molar-refractivity contribution in [3.63, 3.8) is 0 Å². The first-order valence-corrected chi connectivity index (χ1v) is 8.92. The number of hydrogen-bond donors (Lipinski definition) is 0. The van der Waals surface area contributed by atoms with Crippen molar-refractivity contribution in [2.45, 2.75) is 32.7 Å². The molecule has 0 aliphatic carbocycles. The minimum absolute atomic E-state index is 0.299. The number of esters is 1. The minimum atomic E-state index is -0.299. The fourth-order valence-corrected chi connectivity index (χ4v) is 2.91. The fraction of sp³-hybridized carbons (Fsp3) is 0.286. The van der Waals surface area contributed by atoms with E-state index in [1.807, 2.05) is 48.1 Å². The number of carbonyl (C=O) groups is 1. The molecule has 0 amide bonds. The maximum absolute atomic E-state index is 12.4. The lowest BCUT2D eigenvalue weighted by Crippen LogP contribution is -2.11. The van der Waals surface area contributed by atoms with E-state index in [1.54, 1.807) is 12.4 Å². The van der Waals surface area contributed by atoms with Gasteiger partial charge in [0.25, 0.3) is 0 Å². The average molecular weight is 349 g/mol. The highest BCUT2D eigenvalue weighted by atomic mass is 16.5. The van der Waals surface area contributed by atoms with Crippen LogP contribution in [0.15, 0.2) is 61.1 Å². The third-order valence-corrected chi connectivity index (χ3v) is 4.24. The molecule has 0 aliphatic rings. The highest BCUT2D eigenvalue weighted by molar-refractivity contribution is 5.90. The smallest absolute Gasteiger partial charge is 0.341 e. The lowest BCUT2D eigenvalue weighted by Gasteiger charge is -2.08. The number of benzene rings is 1. The predicted molar refractivity (Wildman–Crippen MR) is 100.0 cm³/mol. The van der Waals surface area contributed by atoms with Crippen LogP contribution in [0.25, 0.3) is 0 Å². The maximum atomic E-state index is 12.4. The molecule has 0 aliphatic heterocycles. The van der Waals surface area contributed by atoms with Crippen molar-refractivity contribution < 1.29 is 9.53 Å². The van der Waals surface area contributed by atoms with Crippen molar-refractivity contribution in [3.8, 4) is 0 Å². The first-order valence-electron chi connectivity index (χ1n) is 8.92. The van der Waals surface area contributed by atoms with Crippen molar-refractivity contribution in [2.75, 3.05) is 6.61 Å². The highest BCUT2D eigenvalue weighted by Gasteiger charge is 2.17. The summed E-state index contributed by atoms with van der Waals surface area (Å²) < 4.78 is 7.32. The number of carbonyl (C=O) groups excluding carboxylic acids is 1. The molecule has 0 spiro atoms. The molecule has 3 aromatic rings. The van der Waals surface area contributed by atoms with Gasteiger partial charge in [0.05, 0.1) is 25.0 Å². The van der Waals surface area contributed by atoms with Crippen LogP contribution in [0.2, 0.25) is 0 Å². The molecule has 134 valence electrons. The first-order chi connectivity index (χ1) is 12.8. The van der Waals surface area contributed by atoms with Crippen LogP contribution in [0.5, 0.6) is 0 Å². The molecule has 0 unspecified atom stereocenters. The molecular formula is C21H23N3O2. The lowest BCUT2D eigenvalue weighted by atomic mass is 10.1. The van der Waals surface area contributed by atoms with Gasteiger partial charge in [0.2, 0.25) is 0 Å². The lowest BCUT2D eigenvalue weighted by molar-refractivity contribution is 0.0499. The molecule has 3 rings (SSSR count). The van der Waals surface area contributed by atoms with Crippen molar-refractivity contribution in [1.29, 1.82) is 0 Å². The second kappa shape index (κ2) is 8.94. The standard InChI is InChI=1S/C21H23N3O2/c1-2-20-19(15-23-24(20)16-18-8-4-3-5-9-18)21(25)26-13-7-11-17-10-6-12-22-14-17/h3-6,8-10,12,14-15H,2,7,11,13,16H2,1H3. The molecule has 2 aromatic heterocycles. The van der Waals surface area contributed by atoms with Gasteiger partial charge in [-0.1, -0.05) is 43.3 Å². The van der Waals surface area contributed by atoms with Crippen LogP contribution >= 0.6 is 0 Å². The summed E-state index contributed by atoms with van der Waals surface area (Å²) in [5, 5.41) is 4.39. The Morgan fingerprint density at radius 1 is 1.08 bits per heavy atom. The Morgan fingerprint density at radius 2 is 1.88 bits per heavy atom. The molecular weight excluding hydrogens is 326 g/mol. The van der Waals surface area contributed by atoms with Crippen LogP contribution in [0.1, 0.15) is 40.5 Å². The molecule has 0 fully saturated rings. The Bertz CT molecular complexity index is 829. The topological polar surface area (TPSA) is 57.0 Å². The number of aryl methyl sites for hydroxylation is 1. The normalized spacial score (nSPS) is 10.7. The van der Waals surface area contributed by atoms with E-state index in [0.29, 0.717) is 18.7 Å². The number of ether oxygens (including phenoxy) is 1. The quantitative estimate of drug-likeness (QED) is 0.460. The largest absolute Gasteiger partial charge is 0.462 e. The molecule has 0 bridgehead atoms. The van der Waals surface area contributed by atoms with Crippen LogP contribution in [-0.4, -0.2) is 27.3 Å². The molecule has 2 heterocycles. The summed E-state index contributed by atoms with van der Waals surface area (Å²) in [5.74, 6) is -0.299. The van der Waals surface area contributed by atoms with Crippen molar-refractivity contribution >= 4 is 5.97 Å². The number of hydrogen-bond acceptors (Lipinski definition) is 4. The van der Waals surface area contributed by atoms with Gasteiger partial charge in [-0.3, -0.25) is 9.67 Å². The number of rotatable bonds is 8. The van der Waals surface area contributed by atoms with E-state index in [4.69, 9.17) is 4.74 Å². The van der Waals surface area contributed by atoms with E-state index in [1.165, 1.54) is 0 Å². The average Bonchev–Trinajstić information content (AvgIpc) is 3.09. The van der Waals surface area contributed by atoms with Crippen LogP contribution in [0.4, 0.5) is 0 Å². The maximum Gasteiger partial charge on any atom is 0.341 e. The molecule has 0 N–H and O–H groups in total. The van der Waals surface area contributed by atoms with Crippen LogP contribution in [0.3, 0.4) is 0 Å². The zero-order chi connectivity index (χ0) is 18.2. The highest BCUT2D eigenvalue weighted by Crippen LogP contribution is 2.14. The van der Waals surface area contributed by atoms with Gasteiger partial charge in [-0.15, -0.1) is 0 Å². The second-order valence-electron chi connectivity index (χ2n) is 6.10. The van der Waals surface area contributed by atoms with E-state index in [9.17, 15) is 4.79 Å². The monoisotopic (exact) mass is 349 g/mol. The summed E-state index contributed by atoms with van der Waals surface area (Å²) in [4.78, 5) is 16.5. The first kappa shape index (κ1) is 17.9. The van der Waals surface area contributed by atoms with Gasteiger partial charge in [-0.25, -0.2) is 4.79 Å². The van der Waals surface area contributed by atoms with Crippen molar-refractivity contribution in [3.05, 3.63) is 83.4 Å². The minimum Gasteiger partial charge on any atom is -0.462 e. The Balaban J connectivity index is 1.57. The Kier molecular flexibility index (Phi) is 6.14. The van der Waals surface area contributed by atoms with Gasteiger partial charge < -0.3 is 4.74 Å². The summed E-state index contributed by atoms with van der Waals surface area (Å²) in [6, 6.07) is 14.0.